The van der Waals surface area contributed by atoms with E-state index in [1.807, 2.05) is 75.4 Å². The molecule has 7 nitrogen and oxygen atoms in total. The van der Waals surface area contributed by atoms with Crippen LogP contribution in [0.1, 0.15) is 31.9 Å². The van der Waals surface area contributed by atoms with E-state index in [2.05, 4.69) is 21.2 Å². The lowest BCUT2D eigenvalue weighted by atomic mass is 10.0. The van der Waals surface area contributed by atoms with Crippen molar-refractivity contribution in [1.82, 2.24) is 10.2 Å². The first-order valence-electron chi connectivity index (χ1n) is 12.5. The molecule has 3 aromatic carbocycles. The van der Waals surface area contributed by atoms with Gasteiger partial charge in [-0.3, -0.25) is 13.9 Å². The number of amides is 2. The highest BCUT2D eigenvalue weighted by atomic mass is 79.9. The first-order valence-corrected chi connectivity index (χ1v) is 15.9. The van der Waals surface area contributed by atoms with Crippen LogP contribution in [0, 0.1) is 0 Å². The number of sulfonamides is 1. The van der Waals surface area contributed by atoms with Gasteiger partial charge < -0.3 is 10.2 Å². The molecule has 2 amide bonds. The fourth-order valence-electron chi connectivity index (χ4n) is 4.07. The van der Waals surface area contributed by atoms with Crippen molar-refractivity contribution in [2.45, 2.75) is 45.3 Å². The Morgan fingerprint density at radius 3 is 2.15 bits per heavy atom. The molecule has 40 heavy (non-hydrogen) atoms. The number of benzene rings is 3. The van der Waals surface area contributed by atoms with Crippen LogP contribution in [0.5, 0.6) is 0 Å². The average molecular weight is 669 g/mol. The third-order valence-corrected chi connectivity index (χ3v) is 8.10. The molecule has 0 aliphatic rings. The summed E-state index contributed by atoms with van der Waals surface area (Å²) in [5.74, 6) is -0.928. The van der Waals surface area contributed by atoms with Gasteiger partial charge in [0, 0.05) is 28.0 Å². The molecule has 214 valence electrons. The molecule has 0 aliphatic carbocycles. The van der Waals surface area contributed by atoms with Gasteiger partial charge in [0.25, 0.3) is 0 Å². The first kappa shape index (κ1) is 31.9. The van der Waals surface area contributed by atoms with E-state index in [4.69, 9.17) is 23.2 Å². The molecule has 0 saturated heterocycles. The van der Waals surface area contributed by atoms with E-state index >= 15 is 0 Å². The second-order valence-electron chi connectivity index (χ2n) is 10.5. The lowest BCUT2D eigenvalue weighted by Gasteiger charge is -2.35. The average Bonchev–Trinajstić information content (AvgIpc) is 2.86. The Morgan fingerprint density at radius 1 is 0.950 bits per heavy atom. The second kappa shape index (κ2) is 13.4. The van der Waals surface area contributed by atoms with Crippen molar-refractivity contribution in [3.05, 3.63) is 98.4 Å². The number of hydrogen-bond acceptors (Lipinski definition) is 4. The van der Waals surface area contributed by atoms with Gasteiger partial charge in [-0.25, -0.2) is 8.42 Å². The zero-order valence-electron chi connectivity index (χ0n) is 22.7. The van der Waals surface area contributed by atoms with Crippen LogP contribution in [-0.4, -0.2) is 49.5 Å². The molecule has 1 atom stereocenters. The van der Waals surface area contributed by atoms with Crippen LogP contribution < -0.4 is 9.62 Å². The molecule has 3 rings (SSSR count). The van der Waals surface area contributed by atoms with Gasteiger partial charge in [0.1, 0.15) is 12.6 Å². The Morgan fingerprint density at radius 2 is 1.57 bits per heavy atom. The zero-order valence-corrected chi connectivity index (χ0v) is 26.6. The fourth-order valence-corrected chi connectivity index (χ4v) is 5.62. The summed E-state index contributed by atoms with van der Waals surface area (Å²) in [7, 11) is -3.96. The molecule has 0 unspecified atom stereocenters. The number of nitrogens with one attached hydrogen (secondary N) is 1. The third kappa shape index (κ3) is 9.23. The lowest BCUT2D eigenvalue weighted by Crippen LogP contribution is -2.56. The summed E-state index contributed by atoms with van der Waals surface area (Å²) in [6, 6.07) is 20.2. The first-order chi connectivity index (χ1) is 18.6. The van der Waals surface area contributed by atoms with E-state index in [1.54, 1.807) is 0 Å². The Bertz CT molecular complexity index is 1450. The number of halogens is 3. The molecular weight excluding hydrogens is 637 g/mol. The van der Waals surface area contributed by atoms with Gasteiger partial charge in [0.2, 0.25) is 21.8 Å². The smallest absolute Gasteiger partial charge is 0.244 e. The number of rotatable bonds is 10. The van der Waals surface area contributed by atoms with Crippen LogP contribution in [0.2, 0.25) is 10.0 Å². The maximum atomic E-state index is 14.1. The second-order valence-corrected chi connectivity index (χ2v) is 14.1. The highest BCUT2D eigenvalue weighted by molar-refractivity contribution is 9.10. The van der Waals surface area contributed by atoms with Crippen LogP contribution in [0.25, 0.3) is 0 Å². The summed E-state index contributed by atoms with van der Waals surface area (Å²) in [4.78, 5) is 29.2. The Labute approximate surface area is 254 Å². The molecule has 1 N–H and O–H groups in total. The zero-order chi connectivity index (χ0) is 29.7. The quantitative estimate of drug-likeness (QED) is 0.284. The lowest BCUT2D eigenvalue weighted by molar-refractivity contribution is -0.140. The minimum Gasteiger partial charge on any atom is -0.350 e. The monoisotopic (exact) mass is 667 g/mol. The van der Waals surface area contributed by atoms with Crippen molar-refractivity contribution < 1.29 is 18.0 Å². The largest absolute Gasteiger partial charge is 0.350 e. The van der Waals surface area contributed by atoms with Crippen molar-refractivity contribution in [3.8, 4) is 0 Å². The van der Waals surface area contributed by atoms with E-state index in [0.29, 0.717) is 0 Å². The van der Waals surface area contributed by atoms with Gasteiger partial charge in [0.05, 0.1) is 17.0 Å². The molecule has 0 aromatic heterocycles. The van der Waals surface area contributed by atoms with Gasteiger partial charge in [-0.15, -0.1) is 0 Å². The Hall–Kier alpha value is -2.59. The number of carbonyl (C=O) groups excluding carboxylic acids is 2. The van der Waals surface area contributed by atoms with Crippen molar-refractivity contribution in [3.63, 3.8) is 0 Å². The summed E-state index contributed by atoms with van der Waals surface area (Å²) >= 11 is 15.9. The summed E-state index contributed by atoms with van der Waals surface area (Å²) in [5, 5.41) is 3.37. The van der Waals surface area contributed by atoms with Crippen molar-refractivity contribution in [1.29, 1.82) is 0 Å². The van der Waals surface area contributed by atoms with Crippen LogP contribution in [0.3, 0.4) is 0 Å². The minimum absolute atomic E-state index is 0.0715. The highest BCUT2D eigenvalue weighted by Gasteiger charge is 2.34. The van der Waals surface area contributed by atoms with Crippen molar-refractivity contribution >= 4 is 66.7 Å². The molecular formula is C29H32BrCl2N3O4S. The van der Waals surface area contributed by atoms with E-state index in [9.17, 15) is 18.0 Å². The molecule has 0 aliphatic heterocycles. The van der Waals surface area contributed by atoms with Crippen LogP contribution >= 0.6 is 39.1 Å². The fraction of sp³-hybridized carbons (Fsp3) is 0.310. The van der Waals surface area contributed by atoms with E-state index < -0.39 is 34.1 Å². The Balaban J connectivity index is 2.09. The van der Waals surface area contributed by atoms with Crippen LogP contribution in [0.15, 0.2) is 77.3 Å². The van der Waals surface area contributed by atoms with E-state index in [1.165, 1.54) is 23.1 Å². The van der Waals surface area contributed by atoms with E-state index in [-0.39, 0.29) is 34.6 Å². The molecule has 0 saturated carbocycles. The molecule has 0 bridgehead atoms. The maximum Gasteiger partial charge on any atom is 0.244 e. The van der Waals surface area contributed by atoms with Crippen molar-refractivity contribution in [2.75, 3.05) is 17.1 Å². The predicted molar refractivity (Wildman–Crippen MR) is 165 cm³/mol. The molecule has 3 aromatic rings. The minimum atomic E-state index is -3.96. The number of hydrogen-bond donors (Lipinski definition) is 1. The maximum absolute atomic E-state index is 14.1. The summed E-state index contributed by atoms with van der Waals surface area (Å²) in [5.41, 5.74) is 1.13. The van der Waals surface area contributed by atoms with Crippen molar-refractivity contribution in [2.24, 2.45) is 0 Å². The standard InChI is InChI=1S/C29H32BrCl2N3O4S/c1-29(2,3)33-28(37)26(16-20-8-6-5-7-9-20)34(18-21-10-12-22(30)13-11-21)27(36)19-35(40(4,38)39)25-17-23(31)14-15-24(25)32/h5-15,17,26H,16,18-19H2,1-4H3,(H,33,37)/t26-/m0/s1. The normalized spacial score (nSPS) is 12.5. The van der Waals surface area contributed by atoms with E-state index in [0.717, 1.165) is 26.2 Å². The van der Waals surface area contributed by atoms with Gasteiger partial charge >= 0.3 is 0 Å². The molecule has 0 spiro atoms. The van der Waals surface area contributed by atoms with Gasteiger partial charge in [0.15, 0.2) is 0 Å². The van der Waals surface area contributed by atoms with Gasteiger partial charge in [-0.1, -0.05) is 81.6 Å². The Kier molecular flexibility index (Phi) is 10.7. The number of anilines is 1. The topological polar surface area (TPSA) is 86.8 Å². The molecule has 0 radical (unpaired) electrons. The molecule has 0 fully saturated rings. The number of carbonyl (C=O) groups is 2. The SMILES string of the molecule is CC(C)(C)NC(=O)[C@H](Cc1ccccc1)N(Cc1ccc(Br)cc1)C(=O)CN(c1cc(Cl)ccc1Cl)S(C)(=O)=O. The highest BCUT2D eigenvalue weighted by Crippen LogP contribution is 2.31. The molecule has 11 heteroatoms. The third-order valence-electron chi connectivity index (χ3n) is 5.89. The summed E-state index contributed by atoms with van der Waals surface area (Å²) in [6.45, 7) is 5.07. The molecule has 0 heterocycles. The van der Waals surface area contributed by atoms with Gasteiger partial charge in [-0.2, -0.15) is 0 Å². The summed E-state index contributed by atoms with van der Waals surface area (Å²) in [6.07, 6.45) is 1.21. The predicted octanol–water partition coefficient (Wildman–Crippen LogP) is 6.08. The van der Waals surface area contributed by atoms with Crippen LogP contribution in [0.4, 0.5) is 5.69 Å². The van der Waals surface area contributed by atoms with Gasteiger partial charge in [-0.05, 0) is 62.2 Å². The summed E-state index contributed by atoms with van der Waals surface area (Å²) < 4.78 is 27.6. The number of nitrogens with zero attached hydrogens (tertiary/aromatic N) is 2. The van der Waals surface area contributed by atoms with Crippen LogP contribution in [-0.2, 0) is 32.6 Å².